The van der Waals surface area contributed by atoms with Crippen LogP contribution >= 0.6 is 0 Å². The van der Waals surface area contributed by atoms with Gasteiger partial charge in [0.05, 0.1) is 10.6 Å². The maximum absolute atomic E-state index is 11.7. The molecule has 31 heavy (non-hydrogen) atoms. The molecule has 0 fully saturated rings. The molecule has 9 nitrogen and oxygen atoms in total. The second-order valence-corrected chi connectivity index (χ2v) is 9.28. The van der Waals surface area contributed by atoms with Crippen molar-refractivity contribution in [1.82, 2.24) is 0 Å². The highest BCUT2D eigenvalue weighted by Gasteiger charge is 2.17. The van der Waals surface area contributed by atoms with E-state index in [4.69, 9.17) is 0 Å². The van der Waals surface area contributed by atoms with Gasteiger partial charge in [-0.15, -0.1) is 10.2 Å². The van der Waals surface area contributed by atoms with E-state index < -0.39 is 25.1 Å². The lowest BCUT2D eigenvalue weighted by Crippen LogP contribution is -1.99. The van der Waals surface area contributed by atoms with Crippen LogP contribution in [0.2, 0.25) is 0 Å². The third-order valence-electron chi connectivity index (χ3n) is 4.63. The van der Waals surface area contributed by atoms with Gasteiger partial charge in [-0.25, -0.2) is 8.42 Å². The maximum atomic E-state index is 11.7. The van der Waals surface area contributed by atoms with Crippen LogP contribution in [0.1, 0.15) is 0 Å². The van der Waals surface area contributed by atoms with Gasteiger partial charge in [-0.3, -0.25) is 4.55 Å². The van der Waals surface area contributed by atoms with Crippen LogP contribution < -0.4 is 0 Å². The molecule has 4 aromatic carbocycles. The normalized spacial score (nSPS) is 12.7. The largest absolute Gasteiger partial charge is 0.744 e. The van der Waals surface area contributed by atoms with Gasteiger partial charge in [0.15, 0.2) is 5.75 Å². The Morgan fingerprint density at radius 2 is 1.19 bits per heavy atom. The Morgan fingerprint density at radius 1 is 0.677 bits per heavy atom. The summed E-state index contributed by atoms with van der Waals surface area (Å²) < 4.78 is 67.8. The van der Waals surface area contributed by atoms with Gasteiger partial charge in [0.25, 0.3) is 10.1 Å². The highest BCUT2D eigenvalue weighted by molar-refractivity contribution is 7.86. The second kappa shape index (κ2) is 7.39. The minimum absolute atomic E-state index is 0.0527. The van der Waals surface area contributed by atoms with Crippen LogP contribution in [-0.4, -0.2) is 31.0 Å². The molecular formula is C20H13N2O7S2-. The molecule has 158 valence electrons. The summed E-state index contributed by atoms with van der Waals surface area (Å²) >= 11 is 0. The quantitative estimate of drug-likeness (QED) is 0.342. The first-order valence-corrected chi connectivity index (χ1v) is 11.5. The van der Waals surface area contributed by atoms with Crippen molar-refractivity contribution in [2.75, 3.05) is 0 Å². The Bertz CT molecular complexity index is 1600. The number of nitrogens with zero attached hydrogens (tertiary/aromatic N) is 2. The van der Waals surface area contributed by atoms with Crippen LogP contribution in [0, 0.1) is 0 Å². The maximum Gasteiger partial charge on any atom is 0.295 e. The van der Waals surface area contributed by atoms with E-state index in [-0.39, 0.29) is 38.2 Å². The average Bonchev–Trinajstić information content (AvgIpc) is 2.71. The molecule has 4 aromatic rings. The predicted molar refractivity (Wildman–Crippen MR) is 112 cm³/mol. The first-order chi connectivity index (χ1) is 14.6. The number of aromatic hydroxyl groups is 1. The van der Waals surface area contributed by atoms with E-state index in [0.29, 0.717) is 5.39 Å². The smallest absolute Gasteiger partial charge is 0.295 e. The van der Waals surface area contributed by atoms with Crippen molar-refractivity contribution in [2.24, 2.45) is 10.2 Å². The molecule has 0 bridgehead atoms. The van der Waals surface area contributed by atoms with Gasteiger partial charge in [-0.1, -0.05) is 48.5 Å². The first-order valence-electron chi connectivity index (χ1n) is 8.69. The topological polar surface area (TPSA) is 157 Å². The molecule has 4 rings (SSSR count). The van der Waals surface area contributed by atoms with Crippen LogP contribution in [0.15, 0.2) is 86.7 Å². The lowest BCUT2D eigenvalue weighted by atomic mass is 10.1. The monoisotopic (exact) mass is 457 g/mol. The molecule has 0 aliphatic heterocycles. The molecule has 0 heterocycles. The third kappa shape index (κ3) is 3.86. The van der Waals surface area contributed by atoms with E-state index in [1.807, 2.05) is 0 Å². The molecule has 0 atom stereocenters. The number of phenolic OH excluding ortho intramolecular Hbond substituents is 1. The summed E-state index contributed by atoms with van der Waals surface area (Å²) in [5, 5.41) is 19.1. The average molecular weight is 457 g/mol. The van der Waals surface area contributed by atoms with Gasteiger partial charge in [0.1, 0.15) is 20.7 Å². The van der Waals surface area contributed by atoms with Crippen molar-refractivity contribution in [3.63, 3.8) is 0 Å². The zero-order valence-electron chi connectivity index (χ0n) is 15.5. The summed E-state index contributed by atoms with van der Waals surface area (Å²) in [5.41, 5.74) is -0.0573. The van der Waals surface area contributed by atoms with Gasteiger partial charge in [0, 0.05) is 21.5 Å². The van der Waals surface area contributed by atoms with Crippen LogP contribution in [-0.2, 0) is 20.2 Å². The van der Waals surface area contributed by atoms with Crippen molar-refractivity contribution >= 4 is 53.2 Å². The van der Waals surface area contributed by atoms with Gasteiger partial charge >= 0.3 is 0 Å². The summed E-state index contributed by atoms with van der Waals surface area (Å²) in [6.45, 7) is 0. The molecule has 0 unspecified atom stereocenters. The van der Waals surface area contributed by atoms with E-state index in [2.05, 4.69) is 10.2 Å². The van der Waals surface area contributed by atoms with Crippen LogP contribution in [0.5, 0.6) is 5.75 Å². The van der Waals surface area contributed by atoms with E-state index in [1.54, 1.807) is 24.3 Å². The number of rotatable bonds is 4. The number of fused-ring (bicyclic) bond motifs is 2. The minimum Gasteiger partial charge on any atom is -0.744 e. The summed E-state index contributed by atoms with van der Waals surface area (Å²) in [4.78, 5) is -0.864. The SMILES string of the molecule is O=S(=O)([O-])c1cc(N=Nc2ccc(S(=O)(=O)O)c3ccccc23)c(O)c2ccccc12. The Kier molecular flexibility index (Phi) is 4.98. The minimum atomic E-state index is -4.87. The van der Waals surface area contributed by atoms with Crippen molar-refractivity contribution in [3.8, 4) is 5.75 Å². The number of phenols is 1. The fraction of sp³-hybridized carbons (Fsp3) is 0. The van der Waals surface area contributed by atoms with Crippen molar-refractivity contribution < 1.29 is 31.0 Å². The fourth-order valence-corrected chi connectivity index (χ4v) is 4.67. The van der Waals surface area contributed by atoms with Gasteiger partial charge < -0.3 is 9.66 Å². The molecule has 0 aliphatic carbocycles. The lowest BCUT2D eigenvalue weighted by molar-refractivity contribution is 0.463. The molecule has 11 heteroatoms. The standard InChI is InChI=1S/C20H14N2O7S2/c23-20-15-8-4-3-7-14(15)19(31(27,28)29)11-17(20)22-21-16-9-10-18(30(24,25)26)13-6-2-1-5-12(13)16/h1-11,23H,(H,24,25,26)(H,27,28,29)/p-1. The molecule has 0 saturated heterocycles. The molecule has 0 aromatic heterocycles. The molecule has 0 saturated carbocycles. The Morgan fingerprint density at radius 3 is 1.77 bits per heavy atom. The lowest BCUT2D eigenvalue weighted by Gasteiger charge is -2.13. The molecule has 2 N–H and O–H groups in total. The zero-order valence-corrected chi connectivity index (χ0v) is 17.1. The molecular weight excluding hydrogens is 444 g/mol. The third-order valence-corrected chi connectivity index (χ3v) is 6.42. The molecule has 0 amide bonds. The Hall–Kier alpha value is -3.38. The van der Waals surface area contributed by atoms with E-state index in [1.165, 1.54) is 30.3 Å². The van der Waals surface area contributed by atoms with E-state index >= 15 is 0 Å². The Balaban J connectivity index is 1.93. The number of hydrogen-bond acceptors (Lipinski definition) is 8. The van der Waals surface area contributed by atoms with E-state index in [9.17, 15) is 31.0 Å². The van der Waals surface area contributed by atoms with Gasteiger partial charge in [-0.05, 0) is 18.2 Å². The first kappa shape index (κ1) is 20.9. The number of azo groups is 1. The van der Waals surface area contributed by atoms with Crippen molar-refractivity contribution in [3.05, 3.63) is 66.7 Å². The van der Waals surface area contributed by atoms with E-state index in [0.717, 1.165) is 12.1 Å². The van der Waals surface area contributed by atoms with Crippen molar-refractivity contribution in [1.29, 1.82) is 0 Å². The second-order valence-electron chi connectivity index (χ2n) is 6.55. The van der Waals surface area contributed by atoms with Crippen molar-refractivity contribution in [2.45, 2.75) is 9.79 Å². The van der Waals surface area contributed by atoms with Gasteiger partial charge in [-0.2, -0.15) is 8.42 Å². The summed E-state index contributed by atoms with van der Waals surface area (Å²) in [6.07, 6.45) is 0. The number of benzene rings is 4. The molecule has 0 radical (unpaired) electrons. The molecule has 0 spiro atoms. The zero-order chi connectivity index (χ0) is 22.4. The molecule has 0 aliphatic rings. The summed E-state index contributed by atoms with van der Waals surface area (Å²) in [5.74, 6) is -0.370. The predicted octanol–water partition coefficient (Wildman–Crippen LogP) is 4.26. The van der Waals surface area contributed by atoms with Crippen LogP contribution in [0.3, 0.4) is 0 Å². The fourth-order valence-electron chi connectivity index (χ4n) is 3.27. The highest BCUT2D eigenvalue weighted by atomic mass is 32.2. The van der Waals surface area contributed by atoms with Crippen LogP contribution in [0.4, 0.5) is 11.4 Å². The number of hydrogen-bond donors (Lipinski definition) is 2. The summed E-state index contributed by atoms with van der Waals surface area (Å²) in [6, 6.07) is 15.6. The summed E-state index contributed by atoms with van der Waals surface area (Å²) in [7, 11) is -9.35. The van der Waals surface area contributed by atoms with Crippen LogP contribution in [0.25, 0.3) is 21.5 Å². The van der Waals surface area contributed by atoms with Gasteiger partial charge in [0.2, 0.25) is 0 Å². The highest BCUT2D eigenvalue weighted by Crippen LogP contribution is 2.40. The Labute approximate surface area is 176 Å².